The largest absolute Gasteiger partial charge is 0.494 e. The van der Waals surface area contributed by atoms with Gasteiger partial charge in [-0.15, -0.1) is 0 Å². The average Bonchev–Trinajstić information content (AvgIpc) is 2.75. The summed E-state index contributed by atoms with van der Waals surface area (Å²) in [6.07, 6.45) is 8.35. The van der Waals surface area contributed by atoms with Gasteiger partial charge in [0.1, 0.15) is 5.75 Å². The van der Waals surface area contributed by atoms with Crippen molar-refractivity contribution >= 4 is 5.91 Å². The van der Waals surface area contributed by atoms with Gasteiger partial charge < -0.3 is 14.7 Å². The molecule has 0 spiro atoms. The number of rotatable bonds is 5. The third-order valence-electron chi connectivity index (χ3n) is 7.26. The lowest BCUT2D eigenvalue weighted by atomic mass is 9.66. The van der Waals surface area contributed by atoms with Crippen molar-refractivity contribution in [1.82, 2.24) is 9.80 Å². The molecule has 5 nitrogen and oxygen atoms in total. The van der Waals surface area contributed by atoms with Crippen molar-refractivity contribution in [3.05, 3.63) is 29.8 Å². The van der Waals surface area contributed by atoms with E-state index >= 15 is 0 Å². The lowest BCUT2D eigenvalue weighted by Gasteiger charge is -2.53. The van der Waals surface area contributed by atoms with Crippen LogP contribution in [-0.2, 0) is 4.79 Å². The van der Waals surface area contributed by atoms with E-state index in [0.717, 1.165) is 75.9 Å². The summed E-state index contributed by atoms with van der Waals surface area (Å²) in [6, 6.07) is 8.26. The van der Waals surface area contributed by atoms with Crippen molar-refractivity contribution in [3.63, 3.8) is 0 Å². The van der Waals surface area contributed by atoms with E-state index in [1.165, 1.54) is 6.42 Å². The number of nitrogens with zero attached hydrogens (tertiary/aromatic N) is 2. The average molecular weight is 401 g/mol. The van der Waals surface area contributed by atoms with Crippen LogP contribution in [-0.4, -0.2) is 59.2 Å². The van der Waals surface area contributed by atoms with E-state index in [-0.39, 0.29) is 17.9 Å². The maximum Gasteiger partial charge on any atom is 0.236 e. The first-order chi connectivity index (χ1) is 14.1. The van der Waals surface area contributed by atoms with Crippen LogP contribution >= 0.6 is 0 Å². The molecule has 5 heteroatoms. The fraction of sp³-hybridized carbons (Fsp3) is 0.708. The molecule has 0 aromatic heterocycles. The molecular formula is C24H36N2O3. The van der Waals surface area contributed by atoms with Gasteiger partial charge in [-0.2, -0.15) is 0 Å². The van der Waals surface area contributed by atoms with Gasteiger partial charge in [0.05, 0.1) is 18.8 Å². The van der Waals surface area contributed by atoms with Crippen LogP contribution in [0.25, 0.3) is 0 Å². The number of carbonyl (C=O) groups excluding carboxylic acids is 1. The molecule has 3 fully saturated rings. The second kappa shape index (κ2) is 9.05. The van der Waals surface area contributed by atoms with E-state index in [1.54, 1.807) is 0 Å². The van der Waals surface area contributed by atoms with Gasteiger partial charge in [0.2, 0.25) is 5.91 Å². The molecular weight excluding hydrogens is 364 g/mol. The fourth-order valence-corrected chi connectivity index (χ4v) is 5.76. The second-order valence-electron chi connectivity index (χ2n) is 9.03. The molecule has 1 saturated carbocycles. The monoisotopic (exact) mass is 400 g/mol. The molecule has 29 heavy (non-hydrogen) atoms. The molecule has 160 valence electrons. The summed E-state index contributed by atoms with van der Waals surface area (Å²) in [5.41, 5.74) is 0.512. The lowest BCUT2D eigenvalue weighted by molar-refractivity contribution is -0.145. The Bertz CT molecular complexity index is 703. The second-order valence-corrected chi connectivity index (χ2v) is 9.03. The van der Waals surface area contributed by atoms with Gasteiger partial charge in [-0.05, 0) is 51.5 Å². The molecule has 3 aliphatic rings. The Morgan fingerprint density at radius 1 is 1.10 bits per heavy atom. The minimum atomic E-state index is -0.618. The van der Waals surface area contributed by atoms with E-state index in [9.17, 15) is 9.90 Å². The van der Waals surface area contributed by atoms with Crippen molar-refractivity contribution in [2.45, 2.75) is 69.9 Å². The van der Waals surface area contributed by atoms with E-state index in [2.05, 4.69) is 17.0 Å². The van der Waals surface area contributed by atoms with Gasteiger partial charge in [-0.1, -0.05) is 31.0 Å². The number of hydrogen-bond donors (Lipinski definition) is 1. The van der Waals surface area contributed by atoms with E-state index in [4.69, 9.17) is 4.74 Å². The van der Waals surface area contributed by atoms with Crippen LogP contribution < -0.4 is 4.74 Å². The zero-order chi connectivity index (χ0) is 20.3. The van der Waals surface area contributed by atoms with Crippen molar-refractivity contribution in [1.29, 1.82) is 0 Å². The van der Waals surface area contributed by atoms with Gasteiger partial charge in [0, 0.05) is 37.2 Å². The highest BCUT2D eigenvalue weighted by Gasteiger charge is 2.50. The van der Waals surface area contributed by atoms with Crippen LogP contribution in [0.2, 0.25) is 0 Å². The zero-order valence-corrected chi connectivity index (χ0v) is 17.8. The Labute approximate surface area is 175 Å². The molecule has 1 aliphatic carbocycles. The van der Waals surface area contributed by atoms with E-state index < -0.39 is 5.60 Å². The van der Waals surface area contributed by atoms with Gasteiger partial charge in [0.25, 0.3) is 0 Å². The Hall–Kier alpha value is -1.59. The van der Waals surface area contributed by atoms with Crippen LogP contribution in [0, 0.1) is 5.92 Å². The van der Waals surface area contributed by atoms with Crippen LogP contribution in [0.5, 0.6) is 5.75 Å². The smallest absolute Gasteiger partial charge is 0.236 e. The molecule has 3 atom stereocenters. The molecule has 1 N–H and O–H groups in total. The predicted octanol–water partition coefficient (Wildman–Crippen LogP) is 3.77. The van der Waals surface area contributed by atoms with Gasteiger partial charge >= 0.3 is 0 Å². The number of likely N-dealkylation sites (tertiary alicyclic amines) is 2. The summed E-state index contributed by atoms with van der Waals surface area (Å²) in [5.74, 6) is 1.29. The van der Waals surface area contributed by atoms with Gasteiger partial charge in [0.15, 0.2) is 0 Å². The number of ether oxygens (including phenoxy) is 1. The number of hydrogen-bond acceptors (Lipinski definition) is 4. The summed E-state index contributed by atoms with van der Waals surface area (Å²) in [4.78, 5) is 17.5. The highest BCUT2D eigenvalue weighted by Crippen LogP contribution is 2.50. The number of amides is 1. The normalized spacial score (nSPS) is 30.6. The molecule has 1 aromatic carbocycles. The zero-order valence-electron chi connectivity index (χ0n) is 17.8. The molecule has 0 radical (unpaired) electrons. The fourth-order valence-electron chi connectivity index (χ4n) is 5.76. The Kier molecular flexibility index (Phi) is 6.45. The quantitative estimate of drug-likeness (QED) is 0.818. The third-order valence-corrected chi connectivity index (χ3v) is 7.26. The maximum absolute atomic E-state index is 13.1. The maximum atomic E-state index is 13.1. The molecule has 2 aliphatic heterocycles. The lowest BCUT2D eigenvalue weighted by Crippen LogP contribution is -2.56. The molecule has 1 aromatic rings. The predicted molar refractivity (Wildman–Crippen MR) is 114 cm³/mol. The Balaban J connectivity index is 1.63. The number of fused-ring (bicyclic) bond motifs is 1. The molecule has 2 heterocycles. The van der Waals surface area contributed by atoms with Crippen LogP contribution in [0.3, 0.4) is 0 Å². The van der Waals surface area contributed by atoms with E-state index in [1.807, 2.05) is 24.0 Å². The first-order valence-electron chi connectivity index (χ1n) is 11.6. The number of benzene rings is 1. The van der Waals surface area contributed by atoms with E-state index in [0.29, 0.717) is 13.2 Å². The first-order valence-corrected chi connectivity index (χ1v) is 11.6. The molecule has 4 rings (SSSR count). The minimum Gasteiger partial charge on any atom is -0.494 e. The number of carbonyl (C=O) groups is 1. The third kappa shape index (κ3) is 4.31. The number of para-hydroxylation sites is 1. The summed E-state index contributed by atoms with van der Waals surface area (Å²) < 4.78 is 5.97. The SMILES string of the molecule is CCOc1ccccc1[C@H]1[C@H]2CCCC[C@@]2(O)CCN1CC(=O)N1CCCCC1. The number of aliphatic hydroxyl groups is 1. The molecule has 2 saturated heterocycles. The first kappa shape index (κ1) is 20.7. The van der Waals surface area contributed by atoms with Gasteiger partial charge in [-0.3, -0.25) is 9.69 Å². The number of piperidine rings is 2. The van der Waals surface area contributed by atoms with Gasteiger partial charge in [-0.25, -0.2) is 0 Å². The van der Waals surface area contributed by atoms with Crippen molar-refractivity contribution in [2.75, 3.05) is 32.8 Å². The summed E-state index contributed by atoms with van der Waals surface area (Å²) in [5, 5.41) is 11.5. The Morgan fingerprint density at radius 3 is 2.69 bits per heavy atom. The van der Waals surface area contributed by atoms with Crippen LogP contribution in [0.15, 0.2) is 24.3 Å². The molecule has 0 bridgehead atoms. The minimum absolute atomic E-state index is 0.0329. The molecule has 0 unspecified atom stereocenters. The Morgan fingerprint density at radius 2 is 1.90 bits per heavy atom. The van der Waals surface area contributed by atoms with Crippen LogP contribution in [0.1, 0.15) is 69.9 Å². The highest BCUT2D eigenvalue weighted by atomic mass is 16.5. The van der Waals surface area contributed by atoms with Crippen molar-refractivity contribution in [2.24, 2.45) is 5.92 Å². The summed E-state index contributed by atoms with van der Waals surface area (Å²) in [6.45, 7) is 5.60. The molecule has 1 amide bonds. The highest BCUT2D eigenvalue weighted by molar-refractivity contribution is 5.78. The van der Waals surface area contributed by atoms with Crippen molar-refractivity contribution < 1.29 is 14.6 Å². The summed E-state index contributed by atoms with van der Waals surface area (Å²) >= 11 is 0. The van der Waals surface area contributed by atoms with Crippen LogP contribution in [0.4, 0.5) is 0 Å². The standard InChI is InChI=1S/C24H36N2O3/c1-2-29-21-12-5-4-10-19(21)23-20-11-6-7-13-24(20,28)14-17-26(23)18-22(27)25-15-8-3-9-16-25/h4-5,10,12,20,23,28H,2-3,6-9,11,13-18H2,1H3/t20-,23+,24-/m1/s1. The topological polar surface area (TPSA) is 53.0 Å². The summed E-state index contributed by atoms with van der Waals surface area (Å²) in [7, 11) is 0. The van der Waals surface area contributed by atoms with Crippen molar-refractivity contribution in [3.8, 4) is 5.75 Å².